The third-order valence-corrected chi connectivity index (χ3v) is 2.99. The number of aromatic nitrogens is 2. The summed E-state index contributed by atoms with van der Waals surface area (Å²) < 4.78 is 1.99. The van der Waals surface area contributed by atoms with Gasteiger partial charge in [-0.25, -0.2) is 0 Å². The molecule has 0 bridgehead atoms. The van der Waals surface area contributed by atoms with Crippen molar-refractivity contribution in [3.8, 4) is 0 Å². The van der Waals surface area contributed by atoms with Crippen molar-refractivity contribution < 1.29 is 0 Å². The van der Waals surface area contributed by atoms with Gasteiger partial charge in [0.2, 0.25) is 0 Å². The van der Waals surface area contributed by atoms with Gasteiger partial charge in [0.15, 0.2) is 0 Å². The highest BCUT2D eigenvalue weighted by Gasteiger charge is 2.00. The van der Waals surface area contributed by atoms with Crippen molar-refractivity contribution in [2.75, 3.05) is 5.32 Å². The Morgan fingerprint density at radius 1 is 1.50 bits per heavy atom. The van der Waals surface area contributed by atoms with E-state index in [2.05, 4.69) is 47.3 Å². The van der Waals surface area contributed by atoms with Gasteiger partial charge in [0.25, 0.3) is 0 Å². The summed E-state index contributed by atoms with van der Waals surface area (Å²) in [6.45, 7) is 6.23. The molecule has 2 aromatic rings. The van der Waals surface area contributed by atoms with E-state index in [1.54, 1.807) is 11.3 Å². The van der Waals surface area contributed by atoms with Crippen LogP contribution in [-0.2, 0) is 13.1 Å². The molecule has 0 aliphatic heterocycles. The maximum atomic E-state index is 4.31. The molecule has 0 unspecified atom stereocenters. The number of hydrogen-bond donors (Lipinski definition) is 1. The fourth-order valence-electron chi connectivity index (χ4n) is 1.53. The molecule has 0 radical (unpaired) electrons. The van der Waals surface area contributed by atoms with E-state index in [-0.39, 0.29) is 0 Å². The number of nitrogens with zero attached hydrogens (tertiary/aromatic N) is 2. The van der Waals surface area contributed by atoms with Crippen LogP contribution in [0.15, 0.2) is 29.2 Å². The highest BCUT2D eigenvalue weighted by Crippen LogP contribution is 2.11. The van der Waals surface area contributed by atoms with Crippen LogP contribution in [0, 0.1) is 5.92 Å². The first-order valence-corrected chi connectivity index (χ1v) is 6.45. The van der Waals surface area contributed by atoms with E-state index in [0.29, 0.717) is 5.92 Å². The average Bonchev–Trinajstić information content (AvgIpc) is 2.84. The van der Waals surface area contributed by atoms with Gasteiger partial charge in [0.05, 0.1) is 11.9 Å². The van der Waals surface area contributed by atoms with Crippen LogP contribution in [0.4, 0.5) is 5.69 Å². The number of anilines is 1. The lowest BCUT2D eigenvalue weighted by Crippen LogP contribution is -2.04. The lowest BCUT2D eigenvalue weighted by atomic mass is 10.2. The van der Waals surface area contributed by atoms with Gasteiger partial charge in [-0.15, -0.1) is 0 Å². The molecule has 2 rings (SSSR count). The van der Waals surface area contributed by atoms with Gasteiger partial charge in [-0.05, 0) is 28.3 Å². The van der Waals surface area contributed by atoms with Crippen LogP contribution in [0.25, 0.3) is 0 Å². The van der Waals surface area contributed by atoms with Crippen LogP contribution in [0.5, 0.6) is 0 Å². The minimum absolute atomic E-state index is 0.629. The number of rotatable bonds is 5. The number of nitrogens with one attached hydrogen (secondary N) is 1. The fraction of sp³-hybridized carbons (Fsp3) is 0.417. The van der Waals surface area contributed by atoms with Crippen LogP contribution in [0.3, 0.4) is 0 Å². The molecule has 86 valence electrons. The summed E-state index contributed by atoms with van der Waals surface area (Å²) in [6.07, 6.45) is 3.95. The predicted octanol–water partition coefficient (Wildman–Crippen LogP) is 3.21. The minimum Gasteiger partial charge on any atom is -0.378 e. The molecule has 3 nitrogen and oxygen atoms in total. The number of thiophene rings is 1. The molecule has 0 amide bonds. The van der Waals surface area contributed by atoms with Crippen LogP contribution in [0.2, 0.25) is 0 Å². The van der Waals surface area contributed by atoms with Crippen molar-refractivity contribution in [3.63, 3.8) is 0 Å². The van der Waals surface area contributed by atoms with E-state index < -0.39 is 0 Å². The van der Waals surface area contributed by atoms with Gasteiger partial charge >= 0.3 is 0 Å². The first-order chi connectivity index (χ1) is 7.74. The summed E-state index contributed by atoms with van der Waals surface area (Å²) >= 11 is 1.73. The van der Waals surface area contributed by atoms with E-state index in [9.17, 15) is 0 Å². The highest BCUT2D eigenvalue weighted by atomic mass is 32.1. The summed E-state index contributed by atoms with van der Waals surface area (Å²) in [5, 5.41) is 11.9. The zero-order chi connectivity index (χ0) is 11.4. The van der Waals surface area contributed by atoms with E-state index >= 15 is 0 Å². The molecule has 2 aromatic heterocycles. The maximum absolute atomic E-state index is 4.31. The molecule has 4 heteroatoms. The molecule has 0 atom stereocenters. The minimum atomic E-state index is 0.629. The maximum Gasteiger partial charge on any atom is 0.0729 e. The van der Waals surface area contributed by atoms with Crippen LogP contribution in [0.1, 0.15) is 19.4 Å². The fourth-order valence-corrected chi connectivity index (χ4v) is 2.19. The zero-order valence-corrected chi connectivity index (χ0v) is 10.5. The third kappa shape index (κ3) is 3.10. The molecule has 0 fully saturated rings. The number of hydrogen-bond acceptors (Lipinski definition) is 3. The summed E-state index contributed by atoms with van der Waals surface area (Å²) in [4.78, 5) is 0. The quantitative estimate of drug-likeness (QED) is 0.862. The van der Waals surface area contributed by atoms with E-state index in [1.165, 1.54) is 5.56 Å². The Hall–Kier alpha value is -1.29. The second kappa shape index (κ2) is 5.16. The Labute approximate surface area is 100 Å². The molecule has 2 heterocycles. The zero-order valence-electron chi connectivity index (χ0n) is 9.68. The SMILES string of the molecule is CC(C)Cn1cc(NCc2ccsc2)cn1. The Bertz CT molecular complexity index is 417. The molecule has 0 saturated carbocycles. The van der Waals surface area contributed by atoms with Crippen LogP contribution >= 0.6 is 11.3 Å². The summed E-state index contributed by atoms with van der Waals surface area (Å²) in [5.74, 6) is 0.629. The normalized spacial score (nSPS) is 10.9. The Kier molecular flexibility index (Phi) is 3.62. The lowest BCUT2D eigenvalue weighted by Gasteiger charge is -2.04. The van der Waals surface area contributed by atoms with Crippen molar-refractivity contribution in [1.82, 2.24) is 9.78 Å². The van der Waals surface area contributed by atoms with Crippen LogP contribution in [-0.4, -0.2) is 9.78 Å². The van der Waals surface area contributed by atoms with Crippen molar-refractivity contribution in [2.45, 2.75) is 26.9 Å². The van der Waals surface area contributed by atoms with Gasteiger partial charge in [-0.3, -0.25) is 4.68 Å². The molecule has 16 heavy (non-hydrogen) atoms. The molecule has 0 spiro atoms. The second-order valence-corrected chi connectivity index (χ2v) is 5.11. The first-order valence-electron chi connectivity index (χ1n) is 5.51. The first kappa shape index (κ1) is 11.2. The van der Waals surface area contributed by atoms with Gasteiger partial charge in [-0.2, -0.15) is 16.4 Å². The molecular formula is C12H17N3S. The van der Waals surface area contributed by atoms with Gasteiger partial charge < -0.3 is 5.32 Å². The molecule has 0 aliphatic carbocycles. The largest absolute Gasteiger partial charge is 0.378 e. The second-order valence-electron chi connectivity index (χ2n) is 4.33. The van der Waals surface area contributed by atoms with Crippen molar-refractivity contribution in [1.29, 1.82) is 0 Å². The monoisotopic (exact) mass is 235 g/mol. The molecule has 0 aliphatic rings. The molecule has 1 N–H and O–H groups in total. The van der Waals surface area contributed by atoms with Gasteiger partial charge in [0, 0.05) is 19.3 Å². The van der Waals surface area contributed by atoms with Gasteiger partial charge in [-0.1, -0.05) is 13.8 Å². The molecule has 0 saturated heterocycles. The standard InChI is InChI=1S/C12H17N3S/c1-10(2)7-15-8-12(6-14-15)13-5-11-3-4-16-9-11/h3-4,6,8-10,13H,5,7H2,1-2H3. The summed E-state index contributed by atoms with van der Waals surface area (Å²) in [5.41, 5.74) is 2.41. The molecule has 0 aromatic carbocycles. The third-order valence-electron chi connectivity index (χ3n) is 2.26. The van der Waals surface area contributed by atoms with E-state index in [0.717, 1.165) is 18.8 Å². The Balaban J connectivity index is 1.88. The van der Waals surface area contributed by atoms with Crippen molar-refractivity contribution >= 4 is 17.0 Å². The van der Waals surface area contributed by atoms with Crippen LogP contribution < -0.4 is 5.32 Å². The Morgan fingerprint density at radius 2 is 2.38 bits per heavy atom. The van der Waals surface area contributed by atoms with Gasteiger partial charge in [0.1, 0.15) is 0 Å². The summed E-state index contributed by atoms with van der Waals surface area (Å²) in [7, 11) is 0. The van der Waals surface area contributed by atoms with E-state index in [1.807, 2.05) is 10.9 Å². The van der Waals surface area contributed by atoms with Crippen molar-refractivity contribution in [2.24, 2.45) is 5.92 Å². The smallest absolute Gasteiger partial charge is 0.0729 e. The topological polar surface area (TPSA) is 29.9 Å². The summed E-state index contributed by atoms with van der Waals surface area (Å²) in [6, 6.07) is 2.14. The highest BCUT2D eigenvalue weighted by molar-refractivity contribution is 7.07. The average molecular weight is 235 g/mol. The lowest BCUT2D eigenvalue weighted by molar-refractivity contribution is 0.483. The van der Waals surface area contributed by atoms with E-state index in [4.69, 9.17) is 0 Å². The van der Waals surface area contributed by atoms with Crippen molar-refractivity contribution in [3.05, 3.63) is 34.8 Å². The molecular weight excluding hydrogens is 218 g/mol. The Morgan fingerprint density at radius 3 is 3.06 bits per heavy atom. The predicted molar refractivity (Wildman–Crippen MR) is 68.7 cm³/mol.